The molecule has 4 rings (SSSR count). The highest BCUT2D eigenvalue weighted by Crippen LogP contribution is 2.43. The number of hydrogen-bond donors (Lipinski definition) is 0. The van der Waals surface area contributed by atoms with Gasteiger partial charge in [-0.05, 0) is 49.7 Å². The number of anilines is 1. The number of hydrogen-bond acceptors (Lipinski definition) is 3. The SMILES string of the molecule is CC(C)(C)c1c(-c2csc(N3[C@@H]4CCC[C@H]3CC4)n2)ccc(F)c1F. The van der Waals surface area contributed by atoms with Crippen molar-refractivity contribution in [2.24, 2.45) is 0 Å². The Balaban J connectivity index is 1.75. The lowest BCUT2D eigenvalue weighted by molar-refractivity contribution is 0.465. The highest BCUT2D eigenvalue weighted by atomic mass is 32.1. The summed E-state index contributed by atoms with van der Waals surface area (Å²) in [5.74, 6) is -1.55. The van der Waals surface area contributed by atoms with Crippen molar-refractivity contribution in [1.29, 1.82) is 0 Å². The number of aromatic nitrogens is 1. The first kappa shape index (κ1) is 17.0. The van der Waals surface area contributed by atoms with Crippen LogP contribution in [0, 0.1) is 11.6 Å². The Morgan fingerprint density at radius 1 is 1.08 bits per heavy atom. The van der Waals surface area contributed by atoms with Crippen molar-refractivity contribution < 1.29 is 8.78 Å². The van der Waals surface area contributed by atoms with Crippen LogP contribution in [-0.4, -0.2) is 17.1 Å². The first-order chi connectivity index (χ1) is 11.9. The highest BCUT2D eigenvalue weighted by molar-refractivity contribution is 7.14. The number of piperidine rings is 1. The second-order valence-corrected chi connectivity index (χ2v) is 9.11. The predicted octanol–water partition coefficient (Wildman–Crippen LogP) is 5.91. The van der Waals surface area contributed by atoms with Crippen LogP contribution in [0.25, 0.3) is 11.3 Å². The summed E-state index contributed by atoms with van der Waals surface area (Å²) >= 11 is 1.63. The van der Waals surface area contributed by atoms with E-state index in [1.54, 1.807) is 17.4 Å². The predicted molar refractivity (Wildman–Crippen MR) is 99.3 cm³/mol. The summed E-state index contributed by atoms with van der Waals surface area (Å²) in [4.78, 5) is 7.33. The molecule has 3 heterocycles. The van der Waals surface area contributed by atoms with E-state index in [4.69, 9.17) is 4.98 Å². The van der Waals surface area contributed by atoms with Crippen molar-refractivity contribution in [3.8, 4) is 11.3 Å². The lowest BCUT2D eigenvalue weighted by Gasteiger charge is -2.34. The number of rotatable bonds is 2. The number of nitrogens with zero attached hydrogens (tertiary/aromatic N) is 2. The number of fused-ring (bicyclic) bond motifs is 2. The minimum Gasteiger partial charge on any atom is -0.342 e. The summed E-state index contributed by atoms with van der Waals surface area (Å²) < 4.78 is 28.3. The summed E-state index contributed by atoms with van der Waals surface area (Å²) in [5.41, 5.74) is 1.38. The van der Waals surface area contributed by atoms with Gasteiger partial charge in [0.1, 0.15) is 0 Å². The molecule has 0 unspecified atom stereocenters. The minimum absolute atomic E-state index is 0.408. The monoisotopic (exact) mass is 362 g/mol. The van der Waals surface area contributed by atoms with Gasteiger partial charge < -0.3 is 4.90 Å². The maximum atomic E-state index is 14.5. The molecule has 2 nitrogen and oxygen atoms in total. The second kappa shape index (κ2) is 6.04. The van der Waals surface area contributed by atoms with Crippen LogP contribution >= 0.6 is 11.3 Å². The Bertz CT molecular complexity index is 777. The highest BCUT2D eigenvalue weighted by Gasteiger charge is 2.38. The van der Waals surface area contributed by atoms with Gasteiger partial charge in [-0.3, -0.25) is 0 Å². The Morgan fingerprint density at radius 2 is 1.76 bits per heavy atom. The van der Waals surface area contributed by atoms with Crippen molar-refractivity contribution in [3.05, 3.63) is 34.7 Å². The van der Waals surface area contributed by atoms with E-state index < -0.39 is 17.0 Å². The van der Waals surface area contributed by atoms with Gasteiger partial charge in [-0.2, -0.15) is 0 Å². The molecule has 0 spiro atoms. The molecule has 1 aromatic heterocycles. The second-order valence-electron chi connectivity index (χ2n) is 8.27. The molecule has 2 aromatic rings. The fraction of sp³-hybridized carbons (Fsp3) is 0.550. The molecular weight excluding hydrogens is 338 g/mol. The fourth-order valence-electron chi connectivity index (χ4n) is 4.43. The van der Waals surface area contributed by atoms with Crippen LogP contribution in [0.1, 0.15) is 58.4 Å². The minimum atomic E-state index is -0.793. The molecule has 2 bridgehead atoms. The molecule has 0 N–H and O–H groups in total. The fourth-order valence-corrected chi connectivity index (χ4v) is 5.40. The average Bonchev–Trinajstić information content (AvgIpc) is 3.10. The van der Waals surface area contributed by atoms with Crippen LogP contribution in [0.4, 0.5) is 13.9 Å². The molecule has 25 heavy (non-hydrogen) atoms. The van der Waals surface area contributed by atoms with Crippen molar-refractivity contribution in [2.45, 2.75) is 70.4 Å². The van der Waals surface area contributed by atoms with Gasteiger partial charge in [-0.25, -0.2) is 13.8 Å². The molecular formula is C20H24F2N2S. The molecule has 2 aliphatic rings. The summed E-state index contributed by atoms with van der Waals surface area (Å²) in [5, 5.41) is 3.03. The van der Waals surface area contributed by atoms with Gasteiger partial charge in [0.25, 0.3) is 0 Å². The third-order valence-corrected chi connectivity index (χ3v) is 6.38. The lowest BCUT2D eigenvalue weighted by atomic mass is 9.82. The van der Waals surface area contributed by atoms with Crippen LogP contribution in [-0.2, 0) is 5.41 Å². The summed E-state index contributed by atoms with van der Waals surface area (Å²) in [6, 6.07) is 4.08. The molecule has 1 aromatic carbocycles. The molecule has 134 valence electrons. The zero-order valence-electron chi connectivity index (χ0n) is 15.0. The molecule has 2 saturated heterocycles. The van der Waals surface area contributed by atoms with E-state index in [0.717, 1.165) is 10.8 Å². The van der Waals surface area contributed by atoms with Gasteiger partial charge in [0.05, 0.1) is 5.69 Å². The van der Waals surface area contributed by atoms with E-state index in [2.05, 4.69) is 4.90 Å². The molecule has 0 saturated carbocycles. The first-order valence-electron chi connectivity index (χ1n) is 9.09. The van der Waals surface area contributed by atoms with Crippen molar-refractivity contribution in [1.82, 2.24) is 4.98 Å². The van der Waals surface area contributed by atoms with E-state index in [1.807, 2.05) is 26.2 Å². The van der Waals surface area contributed by atoms with Crippen LogP contribution in [0.15, 0.2) is 17.5 Å². The summed E-state index contributed by atoms with van der Waals surface area (Å²) in [7, 11) is 0. The normalized spacial score (nSPS) is 23.3. The van der Waals surface area contributed by atoms with E-state index in [9.17, 15) is 8.78 Å². The van der Waals surface area contributed by atoms with Crippen LogP contribution in [0.3, 0.4) is 0 Å². The third kappa shape index (κ3) is 2.86. The Morgan fingerprint density at radius 3 is 2.40 bits per heavy atom. The van der Waals surface area contributed by atoms with Crippen LogP contribution in [0.5, 0.6) is 0 Å². The molecule has 0 radical (unpaired) electrons. The smallest absolute Gasteiger partial charge is 0.186 e. The quantitative estimate of drug-likeness (QED) is 0.660. The standard InChI is InChI=1S/C20H24F2N2S/c1-20(2,3)17-14(9-10-15(21)18(17)22)16-11-25-19(23-16)24-12-5-4-6-13(24)8-7-12/h9-13H,4-8H2,1-3H3/t12-,13+. The Kier molecular flexibility index (Phi) is 4.10. The van der Waals surface area contributed by atoms with Crippen LogP contribution < -0.4 is 4.90 Å². The molecule has 0 amide bonds. The van der Waals surface area contributed by atoms with Gasteiger partial charge in [-0.15, -0.1) is 11.3 Å². The number of benzene rings is 1. The Labute approximate surface area is 151 Å². The number of halogens is 2. The summed E-state index contributed by atoms with van der Waals surface area (Å²) in [6.07, 6.45) is 6.28. The average molecular weight is 362 g/mol. The van der Waals surface area contributed by atoms with E-state index in [1.165, 1.54) is 38.2 Å². The third-order valence-electron chi connectivity index (χ3n) is 5.53. The number of thiazole rings is 1. The van der Waals surface area contributed by atoms with Gasteiger partial charge in [0.15, 0.2) is 16.8 Å². The maximum Gasteiger partial charge on any atom is 0.186 e. The molecule has 2 aliphatic heterocycles. The van der Waals surface area contributed by atoms with Crippen molar-refractivity contribution in [2.75, 3.05) is 4.90 Å². The van der Waals surface area contributed by atoms with E-state index >= 15 is 0 Å². The van der Waals surface area contributed by atoms with Gasteiger partial charge in [0, 0.05) is 28.6 Å². The molecule has 0 aliphatic carbocycles. The molecule has 2 fully saturated rings. The summed E-state index contributed by atoms with van der Waals surface area (Å²) in [6.45, 7) is 5.73. The molecule has 5 heteroatoms. The first-order valence-corrected chi connectivity index (χ1v) is 9.97. The van der Waals surface area contributed by atoms with Gasteiger partial charge >= 0.3 is 0 Å². The van der Waals surface area contributed by atoms with Crippen molar-refractivity contribution in [3.63, 3.8) is 0 Å². The topological polar surface area (TPSA) is 16.1 Å². The van der Waals surface area contributed by atoms with E-state index in [0.29, 0.717) is 23.2 Å². The Hall–Kier alpha value is -1.49. The maximum absolute atomic E-state index is 14.5. The van der Waals surface area contributed by atoms with Gasteiger partial charge in [-0.1, -0.05) is 20.8 Å². The largest absolute Gasteiger partial charge is 0.342 e. The van der Waals surface area contributed by atoms with Gasteiger partial charge in [0.2, 0.25) is 0 Å². The van der Waals surface area contributed by atoms with Crippen molar-refractivity contribution >= 4 is 16.5 Å². The zero-order valence-corrected chi connectivity index (χ0v) is 15.8. The zero-order chi connectivity index (χ0) is 17.8. The van der Waals surface area contributed by atoms with E-state index in [-0.39, 0.29) is 0 Å². The molecule has 2 atom stereocenters. The lowest BCUT2D eigenvalue weighted by Crippen LogP contribution is -2.39. The van der Waals surface area contributed by atoms with Crippen LogP contribution in [0.2, 0.25) is 0 Å².